The van der Waals surface area contributed by atoms with E-state index in [1.807, 2.05) is 56.3 Å². The number of hydrogen-bond acceptors (Lipinski definition) is 5. The lowest BCUT2D eigenvalue weighted by molar-refractivity contribution is -0.116. The number of pyridine rings is 1. The van der Waals surface area contributed by atoms with Crippen molar-refractivity contribution in [2.75, 3.05) is 11.9 Å². The number of aryl methyl sites for hydroxylation is 1. The molecule has 0 radical (unpaired) electrons. The Morgan fingerprint density at radius 1 is 0.886 bits per heavy atom. The first-order valence-electron chi connectivity index (χ1n) is 11.2. The number of hydrogen-bond donors (Lipinski definition) is 1. The summed E-state index contributed by atoms with van der Waals surface area (Å²) in [4.78, 5) is 43.4. The van der Waals surface area contributed by atoms with Crippen LogP contribution >= 0.6 is 0 Å². The van der Waals surface area contributed by atoms with E-state index in [-0.39, 0.29) is 6.54 Å². The average molecular weight is 466 g/mol. The Labute approximate surface area is 202 Å². The van der Waals surface area contributed by atoms with Crippen LogP contribution in [0.15, 0.2) is 72.8 Å². The first-order valence-corrected chi connectivity index (χ1v) is 11.2. The van der Waals surface area contributed by atoms with Gasteiger partial charge in [-0.05, 0) is 55.3 Å². The Morgan fingerprint density at radius 2 is 1.60 bits per heavy atom. The van der Waals surface area contributed by atoms with Crippen molar-refractivity contribution in [1.82, 2.24) is 9.88 Å². The van der Waals surface area contributed by atoms with Gasteiger partial charge in [-0.15, -0.1) is 0 Å². The molecule has 0 fully saturated rings. The molecular weight excluding hydrogens is 442 g/mol. The van der Waals surface area contributed by atoms with E-state index in [1.165, 1.54) is 0 Å². The summed E-state index contributed by atoms with van der Waals surface area (Å²) in [6.45, 7) is 3.77. The maximum absolute atomic E-state index is 12.7. The maximum Gasteiger partial charge on any atom is 0.262 e. The van der Waals surface area contributed by atoms with Crippen LogP contribution in [0, 0.1) is 13.8 Å². The fourth-order valence-electron chi connectivity index (χ4n) is 4.18. The SMILES string of the molecule is Cc1ccc2cccc(OCc3cccc(NC(=O)CN4C(=O)c5ccccc5C4=O)c3C)c2n1. The van der Waals surface area contributed by atoms with Crippen molar-refractivity contribution in [2.45, 2.75) is 20.5 Å². The molecule has 2 heterocycles. The number of anilines is 1. The molecule has 0 unspecified atom stereocenters. The van der Waals surface area contributed by atoms with E-state index in [2.05, 4.69) is 10.3 Å². The molecule has 1 aromatic heterocycles. The van der Waals surface area contributed by atoms with Gasteiger partial charge in [0.15, 0.2) is 0 Å². The van der Waals surface area contributed by atoms with Crippen molar-refractivity contribution >= 4 is 34.3 Å². The van der Waals surface area contributed by atoms with Crippen LogP contribution in [0.2, 0.25) is 0 Å². The molecule has 0 saturated heterocycles. The third kappa shape index (κ3) is 4.24. The lowest BCUT2D eigenvalue weighted by Gasteiger charge is -2.16. The van der Waals surface area contributed by atoms with Gasteiger partial charge in [-0.3, -0.25) is 19.3 Å². The number of carbonyl (C=O) groups is 3. The molecule has 35 heavy (non-hydrogen) atoms. The smallest absolute Gasteiger partial charge is 0.262 e. The van der Waals surface area contributed by atoms with E-state index in [0.29, 0.717) is 29.2 Å². The molecule has 174 valence electrons. The minimum absolute atomic E-state index is 0.294. The largest absolute Gasteiger partial charge is 0.487 e. The maximum atomic E-state index is 12.7. The average Bonchev–Trinajstić information content (AvgIpc) is 3.09. The summed E-state index contributed by atoms with van der Waals surface area (Å²) in [5.41, 5.74) is 4.68. The van der Waals surface area contributed by atoms with Crippen molar-refractivity contribution < 1.29 is 19.1 Å². The zero-order valence-electron chi connectivity index (χ0n) is 19.4. The van der Waals surface area contributed by atoms with Crippen LogP contribution in [-0.2, 0) is 11.4 Å². The molecule has 1 N–H and O–H groups in total. The third-order valence-electron chi connectivity index (χ3n) is 6.11. The molecule has 0 bridgehead atoms. The van der Waals surface area contributed by atoms with E-state index >= 15 is 0 Å². The molecule has 1 aliphatic heterocycles. The normalized spacial score (nSPS) is 12.7. The zero-order chi connectivity index (χ0) is 24.5. The molecule has 5 rings (SSSR count). The number of imide groups is 1. The van der Waals surface area contributed by atoms with Crippen molar-refractivity contribution in [3.05, 3.63) is 101 Å². The van der Waals surface area contributed by atoms with Crippen LogP contribution in [0.4, 0.5) is 5.69 Å². The van der Waals surface area contributed by atoms with Gasteiger partial charge in [-0.25, -0.2) is 4.98 Å². The topological polar surface area (TPSA) is 88.6 Å². The summed E-state index contributed by atoms with van der Waals surface area (Å²) in [6, 6.07) is 21.9. The fourth-order valence-corrected chi connectivity index (χ4v) is 4.18. The second-order valence-corrected chi connectivity index (χ2v) is 8.45. The molecule has 1 aliphatic rings. The van der Waals surface area contributed by atoms with E-state index < -0.39 is 17.7 Å². The van der Waals surface area contributed by atoms with Crippen LogP contribution in [0.25, 0.3) is 10.9 Å². The number of fused-ring (bicyclic) bond motifs is 2. The summed E-state index contributed by atoms with van der Waals surface area (Å²) in [5, 5.41) is 3.83. The highest BCUT2D eigenvalue weighted by atomic mass is 16.5. The molecule has 7 heteroatoms. The number of amides is 3. The number of aromatic nitrogens is 1. The lowest BCUT2D eigenvalue weighted by atomic mass is 10.1. The van der Waals surface area contributed by atoms with Crippen molar-refractivity contribution in [1.29, 1.82) is 0 Å². The number of para-hydroxylation sites is 1. The van der Waals surface area contributed by atoms with E-state index in [0.717, 1.165) is 32.6 Å². The second-order valence-electron chi connectivity index (χ2n) is 8.45. The molecule has 3 aromatic carbocycles. The Hall–Kier alpha value is -4.52. The van der Waals surface area contributed by atoms with Gasteiger partial charge in [0.05, 0.1) is 11.1 Å². The highest BCUT2D eigenvalue weighted by molar-refractivity contribution is 6.22. The van der Waals surface area contributed by atoms with Crippen molar-refractivity contribution in [3.8, 4) is 5.75 Å². The summed E-state index contributed by atoms with van der Waals surface area (Å²) >= 11 is 0. The lowest BCUT2D eigenvalue weighted by Crippen LogP contribution is -2.37. The number of benzene rings is 3. The predicted molar refractivity (Wildman–Crippen MR) is 132 cm³/mol. The molecule has 7 nitrogen and oxygen atoms in total. The summed E-state index contributed by atoms with van der Waals surface area (Å²) in [6.07, 6.45) is 0. The van der Waals surface area contributed by atoms with E-state index in [1.54, 1.807) is 30.3 Å². The molecule has 0 saturated carbocycles. The summed E-state index contributed by atoms with van der Waals surface area (Å²) in [5.74, 6) is -0.683. The number of rotatable bonds is 6. The Bertz CT molecular complexity index is 1460. The monoisotopic (exact) mass is 465 g/mol. The van der Waals surface area contributed by atoms with Crippen molar-refractivity contribution in [2.24, 2.45) is 0 Å². The molecule has 3 amide bonds. The molecule has 0 spiro atoms. The molecule has 0 aliphatic carbocycles. The van der Waals surface area contributed by atoms with Crippen LogP contribution in [0.1, 0.15) is 37.5 Å². The number of nitrogens with one attached hydrogen (secondary N) is 1. The Balaban J connectivity index is 1.29. The van der Waals surface area contributed by atoms with Gasteiger partial charge < -0.3 is 10.1 Å². The van der Waals surface area contributed by atoms with Crippen molar-refractivity contribution in [3.63, 3.8) is 0 Å². The van der Waals surface area contributed by atoms with Gasteiger partial charge in [-0.2, -0.15) is 0 Å². The number of carbonyl (C=O) groups excluding carboxylic acids is 3. The third-order valence-corrected chi connectivity index (χ3v) is 6.11. The fraction of sp³-hybridized carbons (Fsp3) is 0.143. The van der Waals surface area contributed by atoms with Gasteiger partial charge in [0, 0.05) is 16.8 Å². The van der Waals surface area contributed by atoms with Gasteiger partial charge >= 0.3 is 0 Å². The number of nitrogens with zero attached hydrogens (tertiary/aromatic N) is 2. The van der Waals surface area contributed by atoms with E-state index in [9.17, 15) is 14.4 Å². The Morgan fingerprint density at radius 3 is 2.34 bits per heavy atom. The van der Waals surface area contributed by atoms with Crippen LogP contribution < -0.4 is 10.1 Å². The zero-order valence-corrected chi connectivity index (χ0v) is 19.4. The quantitative estimate of drug-likeness (QED) is 0.418. The minimum atomic E-state index is -0.460. The predicted octanol–water partition coefficient (Wildman–Crippen LogP) is 4.67. The highest BCUT2D eigenvalue weighted by Crippen LogP contribution is 2.27. The van der Waals surface area contributed by atoms with Crippen LogP contribution in [0.5, 0.6) is 5.75 Å². The highest BCUT2D eigenvalue weighted by Gasteiger charge is 2.36. The Kier molecular flexibility index (Phi) is 5.74. The van der Waals surface area contributed by atoms with Crippen LogP contribution in [-0.4, -0.2) is 34.2 Å². The van der Waals surface area contributed by atoms with E-state index in [4.69, 9.17) is 4.74 Å². The van der Waals surface area contributed by atoms with Gasteiger partial charge in [0.25, 0.3) is 11.8 Å². The summed E-state index contributed by atoms with van der Waals surface area (Å²) in [7, 11) is 0. The minimum Gasteiger partial charge on any atom is -0.487 e. The first-order chi connectivity index (χ1) is 16.9. The van der Waals surface area contributed by atoms with Gasteiger partial charge in [0.1, 0.15) is 24.4 Å². The summed E-state index contributed by atoms with van der Waals surface area (Å²) < 4.78 is 6.10. The van der Waals surface area contributed by atoms with Gasteiger partial charge in [-0.1, -0.05) is 42.5 Å². The first kappa shape index (κ1) is 22.3. The van der Waals surface area contributed by atoms with Crippen LogP contribution in [0.3, 0.4) is 0 Å². The second kappa shape index (κ2) is 9.02. The standard InChI is InChI=1S/C28H23N3O4/c1-17-13-14-19-7-6-12-24(26(19)29-17)35-16-20-8-5-11-23(18(20)2)30-25(32)15-31-27(33)21-9-3-4-10-22(21)28(31)34/h3-14H,15-16H2,1-2H3,(H,30,32). The number of ether oxygens (including phenoxy) is 1. The molecule has 4 aromatic rings. The van der Waals surface area contributed by atoms with Gasteiger partial charge in [0.2, 0.25) is 5.91 Å². The molecule has 0 atom stereocenters. The molecular formula is C28H23N3O4.